The molecule has 32 heavy (non-hydrogen) atoms. The Kier molecular flexibility index (Phi) is 4.97. The molecule has 0 radical (unpaired) electrons. The summed E-state index contributed by atoms with van der Waals surface area (Å²) in [6.07, 6.45) is 6.71. The first kappa shape index (κ1) is 21.3. The van der Waals surface area contributed by atoms with E-state index in [1.54, 1.807) is 23.9 Å². The zero-order valence-electron chi connectivity index (χ0n) is 16.4. The third-order valence-corrected chi connectivity index (χ3v) is 7.35. The summed E-state index contributed by atoms with van der Waals surface area (Å²) in [5, 5.41) is 3.37. The van der Waals surface area contributed by atoms with Gasteiger partial charge < -0.3 is 9.47 Å². The molecule has 166 valence electrons. The van der Waals surface area contributed by atoms with Crippen molar-refractivity contribution in [1.82, 2.24) is 0 Å². The molecule has 2 atom stereocenters. The maximum Gasteiger partial charge on any atom is 0.314 e. The van der Waals surface area contributed by atoms with E-state index in [9.17, 15) is 9.59 Å². The molecule has 7 rings (SSSR count). The van der Waals surface area contributed by atoms with Crippen LogP contribution in [0.2, 0.25) is 0 Å². The first-order valence-electron chi connectivity index (χ1n) is 9.65. The van der Waals surface area contributed by atoms with Crippen molar-refractivity contribution < 1.29 is 52.5 Å². The highest BCUT2D eigenvalue weighted by molar-refractivity contribution is 7.09. The molecule has 0 fully saturated rings. The highest BCUT2D eigenvalue weighted by Gasteiger charge is 2.63. The van der Waals surface area contributed by atoms with Crippen LogP contribution < -0.4 is 23.2 Å². The molecule has 1 aromatic heterocycles. The van der Waals surface area contributed by atoms with Crippen LogP contribution >= 0.6 is 11.3 Å². The van der Waals surface area contributed by atoms with E-state index in [0.29, 0.717) is 0 Å². The Labute approximate surface area is 188 Å². The predicted octanol–water partition coefficient (Wildman–Crippen LogP) is -1.63. The SMILES string of the molecule is O=C1CC(C2(C3=COC(=O)C3)CC3c4ccccc4C2c2scc[n+]23)=CO1.[O-][Cl+3]([O-])([O-])[O-]. The van der Waals surface area contributed by atoms with Crippen molar-refractivity contribution in [3.8, 4) is 0 Å². The standard InChI is InChI=1S/C21H16NO4S.ClHO4/c23-17-7-12(10-25-17)21(13-8-18(24)26-11-13)9-16-14-3-1-2-4-15(14)19(21)20-22(16)5-6-27-20;2-1(3,4)5/h1-6,10-11,16,19H,7-9H2;(H,2,3,4,5)/q+1;/p-1. The number of halogens is 1. The smallest absolute Gasteiger partial charge is 0.314 e. The molecule has 5 aliphatic rings. The van der Waals surface area contributed by atoms with Crippen LogP contribution in [0.3, 0.4) is 0 Å². The van der Waals surface area contributed by atoms with Crippen molar-refractivity contribution in [2.75, 3.05) is 0 Å². The van der Waals surface area contributed by atoms with Crippen LogP contribution in [0.4, 0.5) is 0 Å². The number of cyclic esters (lactones) is 2. The molecule has 2 bridgehead atoms. The third-order valence-electron chi connectivity index (χ3n) is 6.40. The summed E-state index contributed by atoms with van der Waals surface area (Å²) in [5.41, 5.74) is 4.06. The number of ether oxygens (including phenoxy) is 2. The minimum absolute atomic E-state index is 0.0419. The largest absolute Gasteiger partial charge is 0.434 e. The van der Waals surface area contributed by atoms with Gasteiger partial charge in [0.15, 0.2) is 12.2 Å². The Morgan fingerprint density at radius 2 is 1.53 bits per heavy atom. The van der Waals surface area contributed by atoms with Crippen LogP contribution in [0.25, 0.3) is 0 Å². The molecule has 2 unspecified atom stereocenters. The molecule has 5 heterocycles. The Morgan fingerprint density at radius 1 is 0.969 bits per heavy atom. The summed E-state index contributed by atoms with van der Waals surface area (Å²) in [4.78, 5) is 23.9. The van der Waals surface area contributed by atoms with Crippen LogP contribution in [0, 0.1) is 15.7 Å². The lowest BCUT2D eigenvalue weighted by atomic mass is 9.53. The van der Waals surface area contributed by atoms with E-state index >= 15 is 0 Å². The fourth-order valence-corrected chi connectivity index (χ4v) is 6.46. The lowest BCUT2D eigenvalue weighted by molar-refractivity contribution is -2.00. The molecular weight excluding hydrogens is 462 g/mol. The van der Waals surface area contributed by atoms with Crippen LogP contribution in [0.5, 0.6) is 0 Å². The molecule has 0 N–H and O–H groups in total. The van der Waals surface area contributed by atoms with Gasteiger partial charge in [-0.1, -0.05) is 35.6 Å². The first-order valence-corrected chi connectivity index (χ1v) is 11.8. The van der Waals surface area contributed by atoms with Crippen molar-refractivity contribution >= 4 is 23.3 Å². The van der Waals surface area contributed by atoms with Crippen molar-refractivity contribution in [2.24, 2.45) is 5.41 Å². The number of esters is 2. The Balaban J connectivity index is 0.000000393. The summed E-state index contributed by atoms with van der Waals surface area (Å²) in [6, 6.07) is 8.69. The van der Waals surface area contributed by atoms with Crippen molar-refractivity contribution in [2.45, 2.75) is 31.2 Å². The number of rotatable bonds is 2. The summed E-state index contributed by atoms with van der Waals surface area (Å²) >= 11 is 1.73. The van der Waals surface area contributed by atoms with Gasteiger partial charge in [0.2, 0.25) is 5.01 Å². The first-order chi connectivity index (χ1) is 15.2. The summed E-state index contributed by atoms with van der Waals surface area (Å²) in [7, 11) is -4.94. The van der Waals surface area contributed by atoms with Gasteiger partial charge in [0.25, 0.3) is 0 Å². The highest BCUT2D eigenvalue weighted by Crippen LogP contribution is 2.64. The number of aromatic nitrogens is 1. The number of nitrogens with zero attached hydrogens (tertiary/aromatic N) is 1. The van der Waals surface area contributed by atoms with Crippen LogP contribution in [-0.2, 0) is 19.1 Å². The summed E-state index contributed by atoms with van der Waals surface area (Å²) in [5.74, 6) is -0.423. The number of carbonyl (C=O) groups is 2. The van der Waals surface area contributed by atoms with Gasteiger partial charge in [-0.15, -0.1) is 10.2 Å². The van der Waals surface area contributed by atoms with E-state index in [1.165, 1.54) is 16.1 Å². The quantitative estimate of drug-likeness (QED) is 0.369. The van der Waals surface area contributed by atoms with E-state index < -0.39 is 15.7 Å². The lowest BCUT2D eigenvalue weighted by Gasteiger charge is -2.48. The fourth-order valence-electron chi connectivity index (χ4n) is 5.36. The Morgan fingerprint density at radius 3 is 2.06 bits per heavy atom. The molecule has 2 aromatic rings. The molecule has 9 nitrogen and oxygen atoms in total. The van der Waals surface area contributed by atoms with Gasteiger partial charge >= 0.3 is 11.9 Å². The Bertz CT molecular complexity index is 1140. The van der Waals surface area contributed by atoms with Gasteiger partial charge in [-0.3, -0.25) is 9.59 Å². The number of hydrogen-bond acceptors (Lipinski definition) is 9. The van der Waals surface area contributed by atoms with E-state index in [2.05, 4.69) is 40.4 Å². The minimum Gasteiger partial charge on any atom is -0.434 e. The average molecular weight is 478 g/mol. The number of thiazole rings is 1. The maximum absolute atomic E-state index is 12.0. The molecule has 1 aromatic carbocycles. The topological polar surface area (TPSA) is 149 Å². The predicted molar refractivity (Wildman–Crippen MR) is 95.6 cm³/mol. The van der Waals surface area contributed by atoms with Crippen LogP contribution in [0.1, 0.15) is 47.4 Å². The van der Waals surface area contributed by atoms with Gasteiger partial charge in [0.1, 0.15) is 0 Å². The minimum atomic E-state index is -4.94. The zero-order valence-corrected chi connectivity index (χ0v) is 18.0. The average Bonchev–Trinajstić information content (AvgIpc) is 3.47. The van der Waals surface area contributed by atoms with Crippen molar-refractivity contribution in [1.29, 1.82) is 0 Å². The van der Waals surface area contributed by atoms with Gasteiger partial charge in [-0.2, -0.15) is 4.57 Å². The molecule has 0 saturated carbocycles. The second-order valence-electron chi connectivity index (χ2n) is 7.90. The zero-order chi connectivity index (χ0) is 22.7. The third kappa shape index (κ3) is 3.36. The normalized spacial score (nSPS) is 24.5. The Hall–Kier alpha value is -2.60. The van der Waals surface area contributed by atoms with E-state index in [-0.39, 0.29) is 36.7 Å². The molecule has 1 aliphatic carbocycles. The van der Waals surface area contributed by atoms with Gasteiger partial charge in [-0.25, -0.2) is 18.6 Å². The molecular formula is C21H16ClNO8S. The summed E-state index contributed by atoms with van der Waals surface area (Å²) in [6.45, 7) is 0. The van der Waals surface area contributed by atoms with Crippen molar-refractivity contribution in [3.05, 3.63) is 75.6 Å². The van der Waals surface area contributed by atoms with Crippen molar-refractivity contribution in [3.63, 3.8) is 0 Å². The maximum atomic E-state index is 12.0. The number of hydrogen-bond donors (Lipinski definition) is 0. The van der Waals surface area contributed by atoms with Crippen LogP contribution in [-0.4, -0.2) is 11.9 Å². The van der Waals surface area contributed by atoms with E-state index in [1.807, 2.05) is 0 Å². The number of benzene rings is 1. The second kappa shape index (κ2) is 7.48. The highest BCUT2D eigenvalue weighted by atomic mass is 35.7. The monoisotopic (exact) mass is 477 g/mol. The molecule has 0 spiro atoms. The molecule has 0 amide bonds. The molecule has 4 aliphatic heterocycles. The number of fused-ring (bicyclic) bond motifs is 1. The number of carbonyl (C=O) groups excluding carboxylic acids is 2. The molecule has 11 heteroatoms. The fraction of sp³-hybridized carbons (Fsp3) is 0.286. The van der Waals surface area contributed by atoms with E-state index in [0.717, 1.165) is 17.6 Å². The van der Waals surface area contributed by atoms with Crippen LogP contribution in [0.15, 0.2) is 59.5 Å². The van der Waals surface area contributed by atoms with Gasteiger partial charge in [-0.05, 0) is 16.7 Å². The van der Waals surface area contributed by atoms with Gasteiger partial charge in [0, 0.05) is 17.4 Å². The van der Waals surface area contributed by atoms with Gasteiger partial charge in [0.05, 0.1) is 36.7 Å². The van der Waals surface area contributed by atoms with E-state index in [4.69, 9.17) is 28.1 Å². The summed E-state index contributed by atoms with van der Waals surface area (Å²) < 4.78 is 46.8. The second-order valence-corrected chi connectivity index (χ2v) is 9.58. The lowest BCUT2D eigenvalue weighted by Crippen LogP contribution is -2.68. The molecule has 0 saturated heterocycles.